The summed E-state index contributed by atoms with van der Waals surface area (Å²) in [4.78, 5) is 12.0. The van der Waals surface area contributed by atoms with Crippen molar-refractivity contribution in [3.8, 4) is 0 Å². The SMILES string of the molecule is CCCS(=O)(=O)NC(=O)Cn1c(C)c(Br)c2ccccc21. The Bertz CT molecular complexity index is 781. The van der Waals surface area contributed by atoms with Crippen molar-refractivity contribution in [3.63, 3.8) is 0 Å². The third kappa shape index (κ3) is 3.47. The van der Waals surface area contributed by atoms with E-state index in [4.69, 9.17) is 0 Å². The van der Waals surface area contributed by atoms with Crippen LogP contribution in [0.1, 0.15) is 19.0 Å². The van der Waals surface area contributed by atoms with E-state index in [1.807, 2.05) is 31.2 Å². The molecule has 1 heterocycles. The quantitative estimate of drug-likeness (QED) is 0.876. The number of para-hydroxylation sites is 1. The molecule has 0 aliphatic heterocycles. The zero-order valence-electron chi connectivity index (χ0n) is 11.9. The first-order valence-electron chi connectivity index (χ1n) is 6.62. The van der Waals surface area contributed by atoms with Crippen molar-refractivity contribution in [3.05, 3.63) is 34.4 Å². The molecule has 0 saturated heterocycles. The molecule has 0 saturated carbocycles. The lowest BCUT2D eigenvalue weighted by Crippen LogP contribution is -2.35. The second kappa shape index (κ2) is 6.19. The second-order valence-corrected chi connectivity index (χ2v) is 7.48. The maximum atomic E-state index is 12.0. The minimum absolute atomic E-state index is 0.0269. The summed E-state index contributed by atoms with van der Waals surface area (Å²) in [6.45, 7) is 3.61. The van der Waals surface area contributed by atoms with Crippen LogP contribution in [0.3, 0.4) is 0 Å². The molecule has 1 aromatic heterocycles. The van der Waals surface area contributed by atoms with Gasteiger partial charge in [0.05, 0.1) is 5.75 Å². The lowest BCUT2D eigenvalue weighted by Gasteiger charge is -2.09. The lowest BCUT2D eigenvalue weighted by molar-refractivity contribution is -0.119. The van der Waals surface area contributed by atoms with Gasteiger partial charge in [-0.15, -0.1) is 0 Å². The van der Waals surface area contributed by atoms with Gasteiger partial charge in [-0.1, -0.05) is 25.1 Å². The molecule has 1 aromatic carbocycles. The fourth-order valence-corrected chi connectivity index (χ4v) is 3.86. The summed E-state index contributed by atoms with van der Waals surface area (Å²) in [5, 5.41) is 0.999. The van der Waals surface area contributed by atoms with Gasteiger partial charge in [0.25, 0.3) is 5.91 Å². The van der Waals surface area contributed by atoms with Gasteiger partial charge < -0.3 is 4.57 Å². The first-order valence-corrected chi connectivity index (χ1v) is 9.07. The topological polar surface area (TPSA) is 68.2 Å². The monoisotopic (exact) mass is 372 g/mol. The average Bonchev–Trinajstić information content (AvgIpc) is 2.64. The lowest BCUT2D eigenvalue weighted by atomic mass is 10.2. The van der Waals surface area contributed by atoms with Gasteiger partial charge in [0.15, 0.2) is 0 Å². The number of sulfonamides is 1. The Morgan fingerprint density at radius 3 is 2.67 bits per heavy atom. The van der Waals surface area contributed by atoms with E-state index in [2.05, 4.69) is 20.7 Å². The van der Waals surface area contributed by atoms with Crippen molar-refractivity contribution >= 4 is 42.8 Å². The second-order valence-electron chi connectivity index (χ2n) is 4.85. The fourth-order valence-electron chi connectivity index (χ4n) is 2.26. The zero-order valence-corrected chi connectivity index (χ0v) is 14.3. The van der Waals surface area contributed by atoms with Crippen LogP contribution in [0.2, 0.25) is 0 Å². The van der Waals surface area contributed by atoms with Crippen LogP contribution in [-0.2, 0) is 21.4 Å². The van der Waals surface area contributed by atoms with E-state index in [0.29, 0.717) is 6.42 Å². The number of fused-ring (bicyclic) bond motifs is 1. The summed E-state index contributed by atoms with van der Waals surface area (Å²) in [6.07, 6.45) is 0.472. The van der Waals surface area contributed by atoms with E-state index in [0.717, 1.165) is 21.1 Å². The number of hydrogen-bond donors (Lipinski definition) is 1. The number of nitrogens with one attached hydrogen (secondary N) is 1. The van der Waals surface area contributed by atoms with Crippen molar-refractivity contribution in [1.29, 1.82) is 0 Å². The van der Waals surface area contributed by atoms with E-state index < -0.39 is 15.9 Å². The number of rotatable bonds is 5. The number of amides is 1. The predicted octanol–water partition coefficient (Wildman–Crippen LogP) is 2.57. The first kappa shape index (κ1) is 16.0. The van der Waals surface area contributed by atoms with E-state index in [1.54, 1.807) is 11.5 Å². The predicted molar refractivity (Wildman–Crippen MR) is 86.6 cm³/mol. The summed E-state index contributed by atoms with van der Waals surface area (Å²) < 4.78 is 28.1. The van der Waals surface area contributed by atoms with Crippen LogP contribution in [0.15, 0.2) is 28.7 Å². The van der Waals surface area contributed by atoms with Crippen molar-refractivity contribution in [2.45, 2.75) is 26.8 Å². The number of carbonyl (C=O) groups is 1. The van der Waals surface area contributed by atoms with Gasteiger partial charge in [-0.2, -0.15) is 0 Å². The Labute approximate surface area is 132 Å². The third-order valence-corrected chi connectivity index (χ3v) is 5.68. The van der Waals surface area contributed by atoms with Crippen LogP contribution in [0.5, 0.6) is 0 Å². The van der Waals surface area contributed by atoms with Gasteiger partial charge in [-0.25, -0.2) is 8.42 Å². The molecule has 2 aromatic rings. The van der Waals surface area contributed by atoms with Gasteiger partial charge in [0.2, 0.25) is 10.0 Å². The Morgan fingerprint density at radius 1 is 1.33 bits per heavy atom. The molecule has 0 spiro atoms. The number of carbonyl (C=O) groups excluding carboxylic acids is 1. The molecule has 5 nitrogen and oxygen atoms in total. The standard InChI is InChI=1S/C14H17BrN2O3S/c1-3-8-21(19,20)16-13(18)9-17-10(2)14(15)11-6-4-5-7-12(11)17/h4-7H,3,8-9H2,1-2H3,(H,16,18). The Morgan fingerprint density at radius 2 is 2.00 bits per heavy atom. The van der Waals surface area contributed by atoms with Gasteiger partial charge in [-0.05, 0) is 35.3 Å². The Hall–Kier alpha value is -1.34. The smallest absolute Gasteiger partial charge is 0.253 e. The maximum absolute atomic E-state index is 12.0. The number of nitrogens with zero attached hydrogens (tertiary/aromatic N) is 1. The molecule has 0 fully saturated rings. The molecule has 21 heavy (non-hydrogen) atoms. The van der Waals surface area contributed by atoms with Gasteiger partial charge in [0, 0.05) is 21.1 Å². The summed E-state index contributed by atoms with van der Waals surface area (Å²) in [6, 6.07) is 7.66. The molecule has 7 heteroatoms. The fraction of sp³-hybridized carbons (Fsp3) is 0.357. The zero-order chi connectivity index (χ0) is 15.6. The molecule has 1 N–H and O–H groups in total. The number of aromatic nitrogens is 1. The highest BCUT2D eigenvalue weighted by molar-refractivity contribution is 9.10. The number of benzene rings is 1. The minimum Gasteiger partial charge on any atom is -0.334 e. The average molecular weight is 373 g/mol. The summed E-state index contributed by atoms with van der Waals surface area (Å²) >= 11 is 3.51. The van der Waals surface area contributed by atoms with Crippen LogP contribution in [0.25, 0.3) is 10.9 Å². The largest absolute Gasteiger partial charge is 0.334 e. The normalized spacial score (nSPS) is 11.8. The van der Waals surface area contributed by atoms with E-state index in [9.17, 15) is 13.2 Å². The highest BCUT2D eigenvalue weighted by atomic mass is 79.9. The van der Waals surface area contributed by atoms with Crippen LogP contribution >= 0.6 is 15.9 Å². The van der Waals surface area contributed by atoms with Gasteiger partial charge in [-0.3, -0.25) is 9.52 Å². The summed E-state index contributed by atoms with van der Waals surface area (Å²) in [7, 11) is -3.53. The van der Waals surface area contributed by atoms with Gasteiger partial charge in [0.1, 0.15) is 6.54 Å². The van der Waals surface area contributed by atoms with Crippen LogP contribution in [-0.4, -0.2) is 24.6 Å². The third-order valence-electron chi connectivity index (χ3n) is 3.20. The number of hydrogen-bond acceptors (Lipinski definition) is 3. The van der Waals surface area contributed by atoms with Gasteiger partial charge >= 0.3 is 0 Å². The van der Waals surface area contributed by atoms with Crippen molar-refractivity contribution in [2.75, 3.05) is 5.75 Å². The Balaban J connectivity index is 2.28. The van der Waals surface area contributed by atoms with Crippen molar-refractivity contribution < 1.29 is 13.2 Å². The molecule has 0 bridgehead atoms. The molecular weight excluding hydrogens is 356 g/mol. The van der Waals surface area contributed by atoms with Crippen LogP contribution in [0.4, 0.5) is 0 Å². The molecule has 2 rings (SSSR count). The first-order chi connectivity index (χ1) is 9.85. The van der Waals surface area contributed by atoms with E-state index in [-0.39, 0.29) is 12.3 Å². The highest BCUT2D eigenvalue weighted by Gasteiger charge is 2.17. The van der Waals surface area contributed by atoms with E-state index >= 15 is 0 Å². The molecule has 0 atom stereocenters. The molecule has 0 aliphatic carbocycles. The maximum Gasteiger partial charge on any atom is 0.253 e. The Kier molecular flexibility index (Phi) is 4.73. The molecule has 0 aliphatic rings. The molecule has 0 unspecified atom stereocenters. The van der Waals surface area contributed by atoms with Crippen LogP contribution in [0, 0.1) is 6.92 Å². The summed E-state index contributed by atoms with van der Waals surface area (Å²) in [5.74, 6) is -0.576. The minimum atomic E-state index is -3.53. The molecule has 1 amide bonds. The number of halogens is 1. The highest BCUT2D eigenvalue weighted by Crippen LogP contribution is 2.30. The van der Waals surface area contributed by atoms with E-state index in [1.165, 1.54) is 0 Å². The van der Waals surface area contributed by atoms with Crippen molar-refractivity contribution in [2.24, 2.45) is 0 Å². The van der Waals surface area contributed by atoms with Crippen LogP contribution < -0.4 is 4.72 Å². The molecule has 114 valence electrons. The summed E-state index contributed by atoms with van der Waals surface area (Å²) in [5.41, 5.74) is 1.78. The molecule has 0 radical (unpaired) electrons. The molecular formula is C14H17BrN2O3S. The van der Waals surface area contributed by atoms with Crippen molar-refractivity contribution in [1.82, 2.24) is 9.29 Å².